The molecule has 94 valence electrons. The van der Waals surface area contributed by atoms with Crippen LogP contribution in [0.4, 0.5) is 0 Å². The maximum absolute atomic E-state index is 11.0. The molecular formula is C13H14N2O2S. The van der Waals surface area contributed by atoms with Gasteiger partial charge in [0.05, 0.1) is 11.8 Å². The molecule has 1 aromatic carbocycles. The Morgan fingerprint density at radius 2 is 2.22 bits per heavy atom. The number of carboxylic acid groups (broad SMARTS) is 1. The first-order valence-electron chi connectivity index (χ1n) is 5.59. The quantitative estimate of drug-likeness (QED) is 0.841. The first kappa shape index (κ1) is 12.7. The number of aromatic nitrogens is 2. The van der Waals surface area contributed by atoms with Crippen molar-refractivity contribution in [2.75, 3.05) is 5.75 Å². The van der Waals surface area contributed by atoms with E-state index in [4.69, 9.17) is 5.11 Å². The molecule has 1 heterocycles. The number of benzene rings is 1. The molecule has 1 aromatic heterocycles. The zero-order chi connectivity index (χ0) is 13.0. The monoisotopic (exact) mass is 262 g/mol. The number of rotatable bonds is 5. The largest absolute Gasteiger partial charge is 0.478 e. The Morgan fingerprint density at radius 1 is 1.44 bits per heavy atom. The molecule has 0 aliphatic rings. The van der Waals surface area contributed by atoms with Gasteiger partial charge in [-0.25, -0.2) is 4.79 Å². The number of aryl methyl sites for hydroxylation is 2. The van der Waals surface area contributed by atoms with Gasteiger partial charge in [-0.3, -0.25) is 4.68 Å². The normalized spacial score (nSPS) is 10.5. The summed E-state index contributed by atoms with van der Waals surface area (Å²) in [5.41, 5.74) is 1.53. The van der Waals surface area contributed by atoms with Crippen molar-refractivity contribution in [2.24, 2.45) is 7.05 Å². The average molecular weight is 262 g/mol. The number of carbonyl (C=O) groups is 1. The molecule has 0 aliphatic heterocycles. The van der Waals surface area contributed by atoms with Crippen molar-refractivity contribution in [3.8, 4) is 0 Å². The molecule has 0 atom stereocenters. The topological polar surface area (TPSA) is 55.1 Å². The van der Waals surface area contributed by atoms with E-state index in [1.165, 1.54) is 0 Å². The van der Waals surface area contributed by atoms with E-state index in [-0.39, 0.29) is 0 Å². The van der Waals surface area contributed by atoms with Crippen LogP contribution in [-0.4, -0.2) is 26.6 Å². The molecule has 0 radical (unpaired) electrons. The first-order valence-corrected chi connectivity index (χ1v) is 6.58. The van der Waals surface area contributed by atoms with E-state index in [0.29, 0.717) is 5.56 Å². The molecule has 0 unspecified atom stereocenters. The Labute approximate surface area is 110 Å². The smallest absolute Gasteiger partial charge is 0.336 e. The van der Waals surface area contributed by atoms with E-state index in [0.717, 1.165) is 22.6 Å². The molecule has 2 rings (SSSR count). The predicted molar refractivity (Wildman–Crippen MR) is 71.0 cm³/mol. The molecule has 18 heavy (non-hydrogen) atoms. The number of aromatic carboxylic acids is 1. The second-order valence-electron chi connectivity index (χ2n) is 3.92. The summed E-state index contributed by atoms with van der Waals surface area (Å²) < 4.78 is 1.77. The van der Waals surface area contributed by atoms with Crippen LogP contribution in [0.15, 0.2) is 41.6 Å². The number of hydrogen-bond acceptors (Lipinski definition) is 3. The van der Waals surface area contributed by atoms with Gasteiger partial charge in [-0.05, 0) is 24.1 Å². The summed E-state index contributed by atoms with van der Waals surface area (Å²) >= 11 is 1.56. The van der Waals surface area contributed by atoms with E-state index in [1.54, 1.807) is 28.6 Å². The van der Waals surface area contributed by atoms with Gasteiger partial charge in [-0.1, -0.05) is 12.1 Å². The third-order valence-corrected chi connectivity index (χ3v) is 3.60. The van der Waals surface area contributed by atoms with Crippen molar-refractivity contribution < 1.29 is 9.90 Å². The van der Waals surface area contributed by atoms with Gasteiger partial charge < -0.3 is 5.11 Å². The highest BCUT2D eigenvalue weighted by Crippen LogP contribution is 2.23. The molecule has 0 saturated carbocycles. The molecule has 5 heteroatoms. The lowest BCUT2D eigenvalue weighted by atomic mass is 10.2. The number of hydrogen-bond donors (Lipinski definition) is 1. The Kier molecular flexibility index (Phi) is 4.04. The second-order valence-corrected chi connectivity index (χ2v) is 5.06. The molecule has 0 aliphatic carbocycles. The minimum atomic E-state index is -0.875. The van der Waals surface area contributed by atoms with Gasteiger partial charge in [-0.2, -0.15) is 5.10 Å². The lowest BCUT2D eigenvalue weighted by Crippen LogP contribution is -1.99. The van der Waals surface area contributed by atoms with Gasteiger partial charge in [-0.15, -0.1) is 11.8 Å². The fourth-order valence-corrected chi connectivity index (χ4v) is 2.69. The maximum atomic E-state index is 11.0. The number of carboxylic acids is 1. The van der Waals surface area contributed by atoms with Gasteiger partial charge in [0.15, 0.2) is 0 Å². The van der Waals surface area contributed by atoms with Crippen molar-refractivity contribution in [2.45, 2.75) is 11.3 Å². The van der Waals surface area contributed by atoms with Gasteiger partial charge in [0.2, 0.25) is 0 Å². The van der Waals surface area contributed by atoms with Gasteiger partial charge in [0, 0.05) is 23.9 Å². The molecule has 4 nitrogen and oxygen atoms in total. The van der Waals surface area contributed by atoms with Gasteiger partial charge in [0.1, 0.15) is 0 Å². The summed E-state index contributed by atoms with van der Waals surface area (Å²) in [6.07, 6.45) is 4.69. The van der Waals surface area contributed by atoms with Crippen molar-refractivity contribution >= 4 is 17.7 Å². The van der Waals surface area contributed by atoms with E-state index in [1.807, 2.05) is 31.6 Å². The van der Waals surface area contributed by atoms with Gasteiger partial charge in [0.25, 0.3) is 0 Å². The highest BCUT2D eigenvalue weighted by atomic mass is 32.2. The Hall–Kier alpha value is -1.75. The average Bonchev–Trinajstić information content (AvgIpc) is 2.75. The molecule has 0 bridgehead atoms. The molecular weight excluding hydrogens is 248 g/mol. The minimum absolute atomic E-state index is 0.369. The van der Waals surface area contributed by atoms with Crippen LogP contribution in [0.1, 0.15) is 15.9 Å². The second kappa shape index (κ2) is 5.73. The summed E-state index contributed by atoms with van der Waals surface area (Å²) in [5, 5.41) is 13.2. The maximum Gasteiger partial charge on any atom is 0.336 e. The summed E-state index contributed by atoms with van der Waals surface area (Å²) in [5.74, 6) is -0.0322. The fraction of sp³-hybridized carbons (Fsp3) is 0.231. The summed E-state index contributed by atoms with van der Waals surface area (Å²) in [6.45, 7) is 0. The molecule has 0 fully saturated rings. The van der Waals surface area contributed by atoms with E-state index in [2.05, 4.69) is 5.10 Å². The van der Waals surface area contributed by atoms with Crippen LogP contribution >= 0.6 is 11.8 Å². The predicted octanol–water partition coefficient (Wildman–Crippen LogP) is 2.45. The minimum Gasteiger partial charge on any atom is -0.478 e. The van der Waals surface area contributed by atoms with Crippen LogP contribution < -0.4 is 0 Å². The molecule has 0 amide bonds. The number of thioether (sulfide) groups is 1. The Balaban J connectivity index is 1.96. The zero-order valence-electron chi connectivity index (χ0n) is 10.0. The highest BCUT2D eigenvalue weighted by molar-refractivity contribution is 7.99. The van der Waals surface area contributed by atoms with Crippen LogP contribution in [0.5, 0.6) is 0 Å². The SMILES string of the molecule is Cn1cc(CCSc2ccccc2C(=O)O)cn1. The molecule has 2 aromatic rings. The summed E-state index contributed by atoms with van der Waals surface area (Å²) in [6, 6.07) is 7.08. The fourth-order valence-electron chi connectivity index (χ4n) is 1.65. The van der Waals surface area contributed by atoms with Gasteiger partial charge >= 0.3 is 5.97 Å². The van der Waals surface area contributed by atoms with Crippen LogP contribution in [0, 0.1) is 0 Å². The standard InChI is InChI=1S/C13H14N2O2S/c1-15-9-10(8-14-15)6-7-18-12-5-3-2-4-11(12)13(16)17/h2-5,8-9H,6-7H2,1H3,(H,16,17). The lowest BCUT2D eigenvalue weighted by molar-refractivity contribution is 0.0693. The van der Waals surface area contributed by atoms with Crippen molar-refractivity contribution in [3.05, 3.63) is 47.8 Å². The number of nitrogens with zero attached hydrogens (tertiary/aromatic N) is 2. The Morgan fingerprint density at radius 3 is 2.89 bits per heavy atom. The Bertz CT molecular complexity index is 551. The summed E-state index contributed by atoms with van der Waals surface area (Å²) in [7, 11) is 1.89. The molecule has 1 N–H and O–H groups in total. The lowest BCUT2D eigenvalue weighted by Gasteiger charge is -2.04. The van der Waals surface area contributed by atoms with Crippen molar-refractivity contribution in [3.63, 3.8) is 0 Å². The van der Waals surface area contributed by atoms with E-state index < -0.39 is 5.97 Å². The van der Waals surface area contributed by atoms with Crippen molar-refractivity contribution in [1.29, 1.82) is 0 Å². The van der Waals surface area contributed by atoms with Crippen LogP contribution in [0.3, 0.4) is 0 Å². The zero-order valence-corrected chi connectivity index (χ0v) is 10.9. The van der Waals surface area contributed by atoms with Crippen molar-refractivity contribution in [1.82, 2.24) is 9.78 Å². The molecule has 0 spiro atoms. The van der Waals surface area contributed by atoms with E-state index >= 15 is 0 Å². The van der Waals surface area contributed by atoms with Crippen LogP contribution in [0.25, 0.3) is 0 Å². The first-order chi connectivity index (χ1) is 8.66. The van der Waals surface area contributed by atoms with Crippen LogP contribution in [-0.2, 0) is 13.5 Å². The highest BCUT2D eigenvalue weighted by Gasteiger charge is 2.09. The van der Waals surface area contributed by atoms with E-state index in [9.17, 15) is 4.79 Å². The third kappa shape index (κ3) is 3.13. The summed E-state index contributed by atoms with van der Waals surface area (Å²) in [4.78, 5) is 11.8. The van der Waals surface area contributed by atoms with Crippen LogP contribution in [0.2, 0.25) is 0 Å². The third-order valence-electron chi connectivity index (χ3n) is 2.52. The molecule has 0 saturated heterocycles.